The molecule has 2 heterocycles. The first-order valence-electron chi connectivity index (χ1n) is 8.98. The lowest BCUT2D eigenvalue weighted by atomic mass is 9.91. The molecule has 1 amide bonds. The molecular formula is C21H22N4O2. The number of hydrogen-bond acceptors (Lipinski definition) is 4. The summed E-state index contributed by atoms with van der Waals surface area (Å²) in [5.74, 6) is 1.33. The highest BCUT2D eigenvalue weighted by molar-refractivity contribution is 5.90. The number of carbonyl (C=O) groups excluding carboxylic acids is 1. The van der Waals surface area contributed by atoms with Crippen LogP contribution in [0.15, 0.2) is 54.9 Å². The van der Waals surface area contributed by atoms with Crippen LogP contribution in [0.4, 0.5) is 5.95 Å². The van der Waals surface area contributed by atoms with Crippen molar-refractivity contribution in [3.05, 3.63) is 71.5 Å². The van der Waals surface area contributed by atoms with Gasteiger partial charge in [0.15, 0.2) is 0 Å². The number of aryl methyl sites for hydroxylation is 1. The second kappa shape index (κ2) is 6.87. The van der Waals surface area contributed by atoms with Gasteiger partial charge >= 0.3 is 0 Å². The predicted octanol–water partition coefficient (Wildman–Crippen LogP) is 3.68. The maximum atomic E-state index is 12.5. The van der Waals surface area contributed by atoms with E-state index in [0.29, 0.717) is 5.95 Å². The Morgan fingerprint density at radius 3 is 2.30 bits per heavy atom. The number of ether oxygens (including phenoxy) is 1. The average Bonchev–Trinajstić information content (AvgIpc) is 3.17. The van der Waals surface area contributed by atoms with E-state index in [1.165, 1.54) is 11.9 Å². The van der Waals surface area contributed by atoms with Gasteiger partial charge in [-0.15, -0.1) is 0 Å². The number of methoxy groups -OCH3 is 1. The fourth-order valence-corrected chi connectivity index (χ4v) is 3.73. The van der Waals surface area contributed by atoms with Gasteiger partial charge in [0.2, 0.25) is 11.9 Å². The van der Waals surface area contributed by atoms with Crippen molar-refractivity contribution in [3.63, 3.8) is 0 Å². The van der Waals surface area contributed by atoms with Crippen LogP contribution in [0.2, 0.25) is 0 Å². The molecule has 4 rings (SSSR count). The Morgan fingerprint density at radius 2 is 1.67 bits per heavy atom. The minimum atomic E-state index is -0.114. The van der Waals surface area contributed by atoms with Crippen molar-refractivity contribution in [2.75, 3.05) is 12.0 Å². The van der Waals surface area contributed by atoms with Crippen LogP contribution in [0.3, 0.4) is 0 Å². The highest BCUT2D eigenvalue weighted by atomic mass is 16.5. The zero-order chi connectivity index (χ0) is 19.0. The molecule has 0 spiro atoms. The van der Waals surface area contributed by atoms with E-state index < -0.39 is 0 Å². The zero-order valence-electron chi connectivity index (χ0n) is 15.7. The molecule has 138 valence electrons. The molecule has 0 bridgehead atoms. The van der Waals surface area contributed by atoms with Gasteiger partial charge in [-0.25, -0.2) is 4.68 Å². The van der Waals surface area contributed by atoms with Crippen molar-refractivity contribution in [1.29, 1.82) is 0 Å². The van der Waals surface area contributed by atoms with Crippen LogP contribution in [0.1, 0.15) is 42.1 Å². The highest BCUT2D eigenvalue weighted by Gasteiger charge is 2.38. The molecule has 0 N–H and O–H groups in total. The number of benzene rings is 2. The maximum Gasteiger partial charge on any atom is 0.231 e. The Bertz CT molecular complexity index is 947. The summed E-state index contributed by atoms with van der Waals surface area (Å²) in [5.41, 5.74) is 3.43. The minimum Gasteiger partial charge on any atom is -0.497 e. The Kier molecular flexibility index (Phi) is 4.39. The van der Waals surface area contributed by atoms with Crippen LogP contribution >= 0.6 is 0 Å². The first-order chi connectivity index (χ1) is 13.1. The van der Waals surface area contributed by atoms with Crippen LogP contribution in [-0.4, -0.2) is 27.8 Å². The van der Waals surface area contributed by atoms with Gasteiger partial charge < -0.3 is 4.74 Å². The predicted molar refractivity (Wildman–Crippen MR) is 103 cm³/mol. The summed E-state index contributed by atoms with van der Waals surface area (Å²) >= 11 is 0. The van der Waals surface area contributed by atoms with Gasteiger partial charge in [-0.1, -0.05) is 42.0 Å². The lowest BCUT2D eigenvalue weighted by molar-refractivity contribution is -0.117. The SMILES string of the molecule is COc1ccc([C@H]2C[C@@H](c3ccc(C)cc3)n3ncnc3N2C(C)=O)cc1. The lowest BCUT2D eigenvalue weighted by Crippen LogP contribution is -2.41. The fourth-order valence-electron chi connectivity index (χ4n) is 3.73. The number of anilines is 1. The van der Waals surface area contributed by atoms with E-state index in [0.717, 1.165) is 23.3 Å². The van der Waals surface area contributed by atoms with Crippen LogP contribution < -0.4 is 9.64 Å². The van der Waals surface area contributed by atoms with Crippen LogP contribution in [0, 0.1) is 6.92 Å². The number of rotatable bonds is 3. The van der Waals surface area contributed by atoms with Crippen LogP contribution in [-0.2, 0) is 4.79 Å². The second-order valence-electron chi connectivity index (χ2n) is 6.84. The Morgan fingerprint density at radius 1 is 1.04 bits per heavy atom. The third-order valence-electron chi connectivity index (χ3n) is 5.12. The third-order valence-corrected chi connectivity index (χ3v) is 5.12. The van der Waals surface area contributed by atoms with E-state index in [1.807, 2.05) is 28.9 Å². The Hall–Kier alpha value is -3.15. The monoisotopic (exact) mass is 362 g/mol. The lowest BCUT2D eigenvalue weighted by Gasteiger charge is -2.38. The molecule has 1 aromatic heterocycles. The smallest absolute Gasteiger partial charge is 0.231 e. The molecule has 2 atom stereocenters. The summed E-state index contributed by atoms with van der Waals surface area (Å²) in [5, 5.41) is 4.42. The molecule has 6 nitrogen and oxygen atoms in total. The normalized spacial score (nSPS) is 18.9. The summed E-state index contributed by atoms with van der Waals surface area (Å²) in [6, 6.07) is 16.2. The molecule has 3 aromatic rings. The molecule has 0 radical (unpaired) electrons. The van der Waals surface area contributed by atoms with Gasteiger partial charge in [0.25, 0.3) is 0 Å². The summed E-state index contributed by atoms with van der Waals surface area (Å²) in [7, 11) is 1.65. The quantitative estimate of drug-likeness (QED) is 0.713. The topological polar surface area (TPSA) is 60.2 Å². The standard InChI is InChI=1S/C21H22N4O2/c1-14-4-6-17(7-5-14)20-12-19(16-8-10-18(27-3)11-9-16)24(15(2)26)21-22-13-23-25(20)21/h4-11,13,19-20H,12H2,1-3H3/t19-,20+/m1/s1. The summed E-state index contributed by atoms with van der Waals surface area (Å²) < 4.78 is 7.12. The molecule has 1 aliphatic heterocycles. The van der Waals surface area contributed by atoms with Gasteiger partial charge in [-0.05, 0) is 36.6 Å². The number of aromatic nitrogens is 3. The molecular weight excluding hydrogens is 340 g/mol. The summed E-state index contributed by atoms with van der Waals surface area (Å²) in [6.45, 7) is 3.64. The molecule has 0 fully saturated rings. The van der Waals surface area contributed by atoms with Crippen LogP contribution in [0.25, 0.3) is 0 Å². The largest absolute Gasteiger partial charge is 0.497 e. The first kappa shape index (κ1) is 17.3. The summed E-state index contributed by atoms with van der Waals surface area (Å²) in [4.78, 5) is 18.6. The van der Waals surface area contributed by atoms with E-state index in [1.54, 1.807) is 18.9 Å². The number of hydrogen-bond donors (Lipinski definition) is 0. The van der Waals surface area contributed by atoms with Crippen molar-refractivity contribution in [2.45, 2.75) is 32.4 Å². The Balaban J connectivity index is 1.80. The molecule has 6 heteroatoms. The molecule has 2 aromatic carbocycles. The van der Waals surface area contributed by atoms with Crippen molar-refractivity contribution < 1.29 is 9.53 Å². The maximum absolute atomic E-state index is 12.5. The average molecular weight is 362 g/mol. The van der Waals surface area contributed by atoms with E-state index in [9.17, 15) is 4.79 Å². The molecule has 0 saturated carbocycles. The van der Waals surface area contributed by atoms with Crippen molar-refractivity contribution >= 4 is 11.9 Å². The molecule has 1 aliphatic rings. The number of amides is 1. The van der Waals surface area contributed by atoms with Gasteiger partial charge in [-0.3, -0.25) is 9.69 Å². The number of carbonyl (C=O) groups is 1. The molecule has 27 heavy (non-hydrogen) atoms. The first-order valence-corrected chi connectivity index (χ1v) is 8.98. The number of nitrogens with zero attached hydrogens (tertiary/aromatic N) is 4. The Labute approximate surface area is 158 Å². The molecule has 0 aliphatic carbocycles. The third kappa shape index (κ3) is 3.07. The van der Waals surface area contributed by atoms with Gasteiger partial charge in [0.05, 0.1) is 19.2 Å². The van der Waals surface area contributed by atoms with Crippen molar-refractivity contribution in [3.8, 4) is 5.75 Å². The van der Waals surface area contributed by atoms with Gasteiger partial charge in [0.1, 0.15) is 12.1 Å². The summed E-state index contributed by atoms with van der Waals surface area (Å²) in [6.07, 6.45) is 2.24. The van der Waals surface area contributed by atoms with E-state index >= 15 is 0 Å². The van der Waals surface area contributed by atoms with Crippen molar-refractivity contribution in [1.82, 2.24) is 14.8 Å². The van der Waals surface area contributed by atoms with Gasteiger partial charge in [-0.2, -0.15) is 10.1 Å². The van der Waals surface area contributed by atoms with E-state index in [-0.39, 0.29) is 18.0 Å². The number of fused-ring (bicyclic) bond motifs is 1. The van der Waals surface area contributed by atoms with Gasteiger partial charge in [0, 0.05) is 6.92 Å². The van der Waals surface area contributed by atoms with Crippen molar-refractivity contribution in [2.24, 2.45) is 0 Å². The second-order valence-corrected chi connectivity index (χ2v) is 6.84. The van der Waals surface area contributed by atoms with Crippen LogP contribution in [0.5, 0.6) is 5.75 Å². The van der Waals surface area contributed by atoms with E-state index in [2.05, 4.69) is 41.3 Å². The highest BCUT2D eigenvalue weighted by Crippen LogP contribution is 2.42. The van der Waals surface area contributed by atoms with E-state index in [4.69, 9.17) is 4.74 Å². The molecule has 0 unspecified atom stereocenters. The molecule has 0 saturated heterocycles. The minimum absolute atomic E-state index is 0.0193. The fraction of sp³-hybridized carbons (Fsp3) is 0.286. The zero-order valence-corrected chi connectivity index (χ0v) is 15.7.